The highest BCUT2D eigenvalue weighted by Gasteiger charge is 2.35. The van der Waals surface area contributed by atoms with Gasteiger partial charge in [-0.1, -0.05) is 26.2 Å². The van der Waals surface area contributed by atoms with Crippen LogP contribution in [0.5, 0.6) is 0 Å². The normalized spacial score (nSPS) is 21.3. The molecule has 0 heterocycles. The fraction of sp³-hybridized carbons (Fsp3) is 0.875. The van der Waals surface area contributed by atoms with Crippen molar-refractivity contribution in [3.8, 4) is 0 Å². The lowest BCUT2D eigenvalue weighted by Gasteiger charge is -2.28. The molecule has 0 radical (unpaired) electrons. The van der Waals surface area contributed by atoms with Crippen molar-refractivity contribution in [1.29, 1.82) is 0 Å². The van der Waals surface area contributed by atoms with Gasteiger partial charge in [0.2, 0.25) is 5.91 Å². The van der Waals surface area contributed by atoms with Crippen molar-refractivity contribution in [1.82, 2.24) is 4.90 Å². The van der Waals surface area contributed by atoms with Crippen molar-refractivity contribution in [2.75, 3.05) is 13.7 Å². The topological polar surface area (TPSA) is 46.6 Å². The van der Waals surface area contributed by atoms with Crippen LogP contribution in [0, 0.1) is 11.8 Å². The maximum Gasteiger partial charge on any atom is 0.310 e. The van der Waals surface area contributed by atoms with Gasteiger partial charge in [0.15, 0.2) is 0 Å². The van der Waals surface area contributed by atoms with E-state index >= 15 is 0 Å². The van der Waals surface area contributed by atoms with E-state index in [1.807, 2.05) is 11.8 Å². The highest BCUT2D eigenvalue weighted by atomic mass is 16.5. The molecule has 0 aromatic carbocycles. The van der Waals surface area contributed by atoms with E-state index in [0.29, 0.717) is 24.9 Å². The van der Waals surface area contributed by atoms with Crippen LogP contribution in [0.15, 0.2) is 0 Å². The summed E-state index contributed by atoms with van der Waals surface area (Å²) >= 11 is 0. The van der Waals surface area contributed by atoms with E-state index < -0.39 is 0 Å². The standard InChI is InChI=1S/C16H27NO3/c1-12(16(19)20-2)11-17(14-8-9-14)15(18)10-13-6-4-3-5-7-13/h12-14H,3-11H2,1-2H3. The first kappa shape index (κ1) is 15.3. The molecule has 2 aliphatic carbocycles. The zero-order valence-corrected chi connectivity index (χ0v) is 12.8. The smallest absolute Gasteiger partial charge is 0.310 e. The van der Waals surface area contributed by atoms with E-state index in [1.54, 1.807) is 0 Å². The summed E-state index contributed by atoms with van der Waals surface area (Å²) in [6.07, 6.45) is 9.07. The van der Waals surface area contributed by atoms with Crippen LogP contribution in [0.1, 0.15) is 58.3 Å². The lowest BCUT2D eigenvalue weighted by Crippen LogP contribution is -2.39. The number of esters is 1. The van der Waals surface area contributed by atoms with Gasteiger partial charge in [0.25, 0.3) is 0 Å². The number of rotatable bonds is 6. The molecule has 0 N–H and O–H groups in total. The molecule has 1 atom stereocenters. The van der Waals surface area contributed by atoms with Crippen LogP contribution in [0.4, 0.5) is 0 Å². The summed E-state index contributed by atoms with van der Waals surface area (Å²) in [6, 6.07) is 0.373. The molecule has 0 saturated heterocycles. The molecular weight excluding hydrogens is 254 g/mol. The van der Waals surface area contributed by atoms with E-state index in [-0.39, 0.29) is 17.8 Å². The van der Waals surface area contributed by atoms with E-state index in [0.717, 1.165) is 12.8 Å². The Morgan fingerprint density at radius 2 is 1.80 bits per heavy atom. The van der Waals surface area contributed by atoms with Crippen molar-refractivity contribution >= 4 is 11.9 Å². The minimum absolute atomic E-state index is 0.221. The predicted molar refractivity (Wildman–Crippen MR) is 77.1 cm³/mol. The van der Waals surface area contributed by atoms with Gasteiger partial charge >= 0.3 is 5.97 Å². The molecule has 0 aromatic heterocycles. The lowest BCUT2D eigenvalue weighted by atomic mass is 9.86. The third-order valence-corrected chi connectivity index (χ3v) is 4.57. The summed E-state index contributed by atoms with van der Waals surface area (Å²) in [4.78, 5) is 26.0. The van der Waals surface area contributed by atoms with Crippen LogP contribution in [0.3, 0.4) is 0 Å². The van der Waals surface area contributed by atoms with Crippen molar-refractivity contribution in [3.63, 3.8) is 0 Å². The molecule has 2 fully saturated rings. The maximum absolute atomic E-state index is 12.5. The first-order chi connectivity index (χ1) is 9.61. The van der Waals surface area contributed by atoms with E-state index in [9.17, 15) is 9.59 Å². The first-order valence-electron chi connectivity index (χ1n) is 7.99. The van der Waals surface area contributed by atoms with E-state index in [1.165, 1.54) is 39.2 Å². The molecule has 0 aliphatic heterocycles. The Morgan fingerprint density at radius 3 is 2.35 bits per heavy atom. The third-order valence-electron chi connectivity index (χ3n) is 4.57. The number of carbonyl (C=O) groups is 2. The average Bonchev–Trinajstić information content (AvgIpc) is 3.29. The van der Waals surface area contributed by atoms with Gasteiger partial charge in [-0.3, -0.25) is 9.59 Å². The second-order valence-electron chi connectivity index (χ2n) is 6.41. The third kappa shape index (κ3) is 4.22. The van der Waals surface area contributed by atoms with Crippen LogP contribution >= 0.6 is 0 Å². The van der Waals surface area contributed by atoms with Gasteiger partial charge in [0.05, 0.1) is 13.0 Å². The van der Waals surface area contributed by atoms with Crippen LogP contribution in [0.2, 0.25) is 0 Å². The number of carbonyl (C=O) groups excluding carboxylic acids is 2. The van der Waals surface area contributed by atoms with Crippen molar-refractivity contribution in [2.24, 2.45) is 11.8 Å². The molecule has 0 aromatic rings. The summed E-state index contributed by atoms with van der Waals surface area (Å²) < 4.78 is 4.77. The fourth-order valence-electron chi connectivity index (χ4n) is 3.17. The van der Waals surface area contributed by atoms with Crippen molar-refractivity contribution in [3.05, 3.63) is 0 Å². The molecule has 4 nitrogen and oxygen atoms in total. The molecular formula is C16H27NO3. The van der Waals surface area contributed by atoms with Gasteiger partial charge in [0, 0.05) is 19.0 Å². The zero-order chi connectivity index (χ0) is 14.5. The van der Waals surface area contributed by atoms with Crippen LogP contribution < -0.4 is 0 Å². The van der Waals surface area contributed by atoms with Crippen LogP contribution in [-0.4, -0.2) is 36.5 Å². The van der Waals surface area contributed by atoms with Gasteiger partial charge < -0.3 is 9.64 Å². The Bertz CT molecular complexity index is 346. The summed E-state index contributed by atoms with van der Waals surface area (Å²) in [6.45, 7) is 2.36. The molecule has 114 valence electrons. The summed E-state index contributed by atoms with van der Waals surface area (Å²) in [5.41, 5.74) is 0. The molecule has 2 saturated carbocycles. The second kappa shape index (κ2) is 7.09. The van der Waals surface area contributed by atoms with Gasteiger partial charge in [0.1, 0.15) is 0 Å². The molecule has 0 spiro atoms. The number of amides is 1. The summed E-state index contributed by atoms with van der Waals surface area (Å²) in [7, 11) is 1.41. The van der Waals surface area contributed by atoms with E-state index in [2.05, 4.69) is 0 Å². The molecule has 0 bridgehead atoms. The molecule has 2 rings (SSSR count). The minimum Gasteiger partial charge on any atom is -0.469 e. The Hall–Kier alpha value is -1.06. The highest BCUT2D eigenvalue weighted by molar-refractivity contribution is 5.78. The summed E-state index contributed by atoms with van der Waals surface area (Å²) in [5, 5.41) is 0. The maximum atomic E-state index is 12.5. The Balaban J connectivity index is 1.87. The largest absolute Gasteiger partial charge is 0.469 e. The Labute approximate surface area is 121 Å². The Kier molecular flexibility index (Phi) is 5.44. The number of ether oxygens (including phenoxy) is 1. The summed E-state index contributed by atoms with van der Waals surface area (Å²) in [5.74, 6) is 0.359. The van der Waals surface area contributed by atoms with E-state index in [4.69, 9.17) is 4.74 Å². The fourth-order valence-corrected chi connectivity index (χ4v) is 3.17. The van der Waals surface area contributed by atoms with Gasteiger partial charge in [-0.05, 0) is 31.6 Å². The van der Waals surface area contributed by atoms with Gasteiger partial charge in [-0.25, -0.2) is 0 Å². The average molecular weight is 281 g/mol. The molecule has 20 heavy (non-hydrogen) atoms. The SMILES string of the molecule is COC(=O)C(C)CN(C(=O)CC1CCCCC1)C1CC1. The predicted octanol–water partition coefficient (Wildman–Crippen LogP) is 2.76. The van der Waals surface area contributed by atoms with Crippen LogP contribution in [0.25, 0.3) is 0 Å². The number of methoxy groups -OCH3 is 1. The second-order valence-corrected chi connectivity index (χ2v) is 6.41. The lowest BCUT2D eigenvalue weighted by molar-refractivity contribution is -0.146. The Morgan fingerprint density at radius 1 is 1.15 bits per heavy atom. The van der Waals surface area contributed by atoms with Gasteiger partial charge in [-0.15, -0.1) is 0 Å². The zero-order valence-electron chi connectivity index (χ0n) is 12.8. The van der Waals surface area contributed by atoms with Gasteiger partial charge in [-0.2, -0.15) is 0 Å². The first-order valence-corrected chi connectivity index (χ1v) is 7.99. The molecule has 4 heteroatoms. The number of hydrogen-bond donors (Lipinski definition) is 0. The van der Waals surface area contributed by atoms with Crippen molar-refractivity contribution in [2.45, 2.75) is 64.3 Å². The molecule has 1 amide bonds. The van der Waals surface area contributed by atoms with Crippen LogP contribution in [-0.2, 0) is 14.3 Å². The number of nitrogens with zero attached hydrogens (tertiary/aromatic N) is 1. The quantitative estimate of drug-likeness (QED) is 0.703. The molecule has 2 aliphatic rings. The monoisotopic (exact) mass is 281 g/mol. The minimum atomic E-state index is -0.226. The van der Waals surface area contributed by atoms with Crippen molar-refractivity contribution < 1.29 is 14.3 Å². The highest BCUT2D eigenvalue weighted by Crippen LogP contribution is 2.31. The molecule has 1 unspecified atom stereocenters. The number of hydrogen-bond acceptors (Lipinski definition) is 3.